The van der Waals surface area contributed by atoms with E-state index >= 15 is 0 Å². The average Bonchev–Trinajstić information content (AvgIpc) is 2.11. The fourth-order valence-corrected chi connectivity index (χ4v) is 1.54. The molecule has 0 aromatic heterocycles. The van der Waals surface area contributed by atoms with Crippen molar-refractivity contribution < 1.29 is 13.6 Å². The molecular formula is C14H18F2O. The standard InChI is InChI=1S/C14H18F2O/c1-14(2,3)5-4-13(17)8-10-6-11(15)9-12(16)7-10/h6-7,9H,4-5,8H2,1-3H3. The summed E-state index contributed by atoms with van der Waals surface area (Å²) in [5, 5.41) is 0. The van der Waals surface area contributed by atoms with Crippen molar-refractivity contribution in [3.8, 4) is 0 Å². The molecule has 94 valence electrons. The molecule has 0 radical (unpaired) electrons. The summed E-state index contributed by atoms with van der Waals surface area (Å²) in [7, 11) is 0. The van der Waals surface area contributed by atoms with Gasteiger partial charge in [0.1, 0.15) is 17.4 Å². The maximum Gasteiger partial charge on any atom is 0.137 e. The molecule has 3 heteroatoms. The van der Waals surface area contributed by atoms with Gasteiger partial charge in [-0.1, -0.05) is 20.8 Å². The number of ketones is 1. The molecule has 0 saturated carbocycles. The van der Waals surface area contributed by atoms with E-state index < -0.39 is 11.6 Å². The Balaban J connectivity index is 2.56. The minimum atomic E-state index is -0.636. The first-order valence-electron chi connectivity index (χ1n) is 5.73. The topological polar surface area (TPSA) is 17.1 Å². The molecule has 0 heterocycles. The van der Waals surface area contributed by atoms with E-state index in [2.05, 4.69) is 20.8 Å². The van der Waals surface area contributed by atoms with Crippen LogP contribution in [0.15, 0.2) is 18.2 Å². The van der Waals surface area contributed by atoms with Gasteiger partial charge in [0, 0.05) is 18.9 Å². The Morgan fingerprint density at radius 3 is 2.12 bits per heavy atom. The van der Waals surface area contributed by atoms with Gasteiger partial charge in [0.15, 0.2) is 0 Å². The first kappa shape index (κ1) is 13.8. The van der Waals surface area contributed by atoms with Gasteiger partial charge >= 0.3 is 0 Å². The lowest BCUT2D eigenvalue weighted by molar-refractivity contribution is -0.118. The van der Waals surface area contributed by atoms with Crippen molar-refractivity contribution in [3.05, 3.63) is 35.4 Å². The monoisotopic (exact) mass is 240 g/mol. The van der Waals surface area contributed by atoms with Gasteiger partial charge in [-0.15, -0.1) is 0 Å². The fourth-order valence-electron chi connectivity index (χ4n) is 1.54. The zero-order chi connectivity index (χ0) is 13.1. The number of hydrogen-bond acceptors (Lipinski definition) is 1. The summed E-state index contributed by atoms with van der Waals surface area (Å²) in [4.78, 5) is 11.6. The molecule has 0 N–H and O–H groups in total. The van der Waals surface area contributed by atoms with E-state index in [4.69, 9.17) is 0 Å². The third-order valence-electron chi connectivity index (χ3n) is 2.48. The molecule has 0 saturated heterocycles. The van der Waals surface area contributed by atoms with Crippen LogP contribution in [0.1, 0.15) is 39.2 Å². The normalized spacial score (nSPS) is 11.6. The number of Topliss-reactive ketones (excluding diaryl/α,β-unsaturated/α-hetero) is 1. The summed E-state index contributed by atoms with van der Waals surface area (Å²) in [6.45, 7) is 6.17. The van der Waals surface area contributed by atoms with Crippen LogP contribution in [0, 0.1) is 17.0 Å². The Hall–Kier alpha value is -1.25. The molecule has 0 aliphatic carbocycles. The predicted octanol–water partition coefficient (Wildman–Crippen LogP) is 3.90. The van der Waals surface area contributed by atoms with Crippen LogP contribution in [0.4, 0.5) is 8.78 Å². The van der Waals surface area contributed by atoms with E-state index in [-0.39, 0.29) is 17.6 Å². The van der Waals surface area contributed by atoms with Gasteiger partial charge in [-0.25, -0.2) is 8.78 Å². The molecule has 1 aromatic rings. The van der Waals surface area contributed by atoms with Crippen LogP contribution >= 0.6 is 0 Å². The fraction of sp³-hybridized carbons (Fsp3) is 0.500. The van der Waals surface area contributed by atoms with Crippen LogP contribution in [0.3, 0.4) is 0 Å². The van der Waals surface area contributed by atoms with E-state index in [1.54, 1.807) is 0 Å². The van der Waals surface area contributed by atoms with Gasteiger partial charge < -0.3 is 0 Å². The molecule has 0 amide bonds. The molecule has 0 atom stereocenters. The lowest BCUT2D eigenvalue weighted by Crippen LogP contribution is -2.10. The van der Waals surface area contributed by atoms with Gasteiger partial charge in [-0.05, 0) is 29.5 Å². The molecule has 0 spiro atoms. The highest BCUT2D eigenvalue weighted by molar-refractivity contribution is 5.80. The highest BCUT2D eigenvalue weighted by Gasteiger charge is 2.13. The van der Waals surface area contributed by atoms with Crippen molar-refractivity contribution in [2.75, 3.05) is 0 Å². The van der Waals surface area contributed by atoms with Crippen LogP contribution in [0.25, 0.3) is 0 Å². The van der Waals surface area contributed by atoms with E-state index in [0.717, 1.165) is 12.5 Å². The van der Waals surface area contributed by atoms with Crippen LogP contribution in [-0.2, 0) is 11.2 Å². The number of hydrogen-bond donors (Lipinski definition) is 0. The highest BCUT2D eigenvalue weighted by Crippen LogP contribution is 2.21. The summed E-state index contributed by atoms with van der Waals surface area (Å²) >= 11 is 0. The minimum absolute atomic E-state index is 0.0184. The second kappa shape index (κ2) is 5.39. The maximum atomic E-state index is 12.9. The summed E-state index contributed by atoms with van der Waals surface area (Å²) < 4.78 is 25.8. The van der Waals surface area contributed by atoms with Crippen LogP contribution in [0.2, 0.25) is 0 Å². The van der Waals surface area contributed by atoms with Gasteiger partial charge in [-0.2, -0.15) is 0 Å². The Morgan fingerprint density at radius 2 is 1.65 bits per heavy atom. The number of carbonyl (C=O) groups is 1. The van der Waals surface area contributed by atoms with Crippen molar-refractivity contribution in [1.29, 1.82) is 0 Å². The molecule has 1 aromatic carbocycles. The average molecular weight is 240 g/mol. The van der Waals surface area contributed by atoms with E-state index in [9.17, 15) is 13.6 Å². The molecular weight excluding hydrogens is 222 g/mol. The third-order valence-corrected chi connectivity index (χ3v) is 2.48. The minimum Gasteiger partial charge on any atom is -0.299 e. The van der Waals surface area contributed by atoms with Gasteiger partial charge in [-0.3, -0.25) is 4.79 Å². The van der Waals surface area contributed by atoms with Gasteiger partial charge in [0.25, 0.3) is 0 Å². The van der Waals surface area contributed by atoms with E-state index in [0.29, 0.717) is 12.0 Å². The molecule has 0 aliphatic rings. The van der Waals surface area contributed by atoms with Gasteiger partial charge in [0.2, 0.25) is 0 Å². The lowest BCUT2D eigenvalue weighted by atomic mass is 9.89. The first-order chi connectivity index (χ1) is 7.76. The van der Waals surface area contributed by atoms with Crippen molar-refractivity contribution >= 4 is 5.78 Å². The predicted molar refractivity (Wildman–Crippen MR) is 63.8 cm³/mol. The Morgan fingerprint density at radius 1 is 1.12 bits per heavy atom. The zero-order valence-corrected chi connectivity index (χ0v) is 10.5. The number of carbonyl (C=O) groups excluding carboxylic acids is 1. The van der Waals surface area contributed by atoms with Gasteiger partial charge in [0.05, 0.1) is 0 Å². The zero-order valence-electron chi connectivity index (χ0n) is 10.5. The molecule has 0 fully saturated rings. The summed E-state index contributed by atoms with van der Waals surface area (Å²) in [6, 6.07) is 3.22. The molecule has 0 bridgehead atoms. The van der Waals surface area contributed by atoms with Crippen molar-refractivity contribution in [1.82, 2.24) is 0 Å². The molecule has 0 unspecified atom stereocenters. The van der Waals surface area contributed by atoms with Crippen LogP contribution < -0.4 is 0 Å². The first-order valence-corrected chi connectivity index (χ1v) is 5.73. The SMILES string of the molecule is CC(C)(C)CCC(=O)Cc1cc(F)cc(F)c1. The summed E-state index contributed by atoms with van der Waals surface area (Å²) in [5.41, 5.74) is 0.504. The van der Waals surface area contributed by atoms with Crippen molar-refractivity contribution in [2.45, 2.75) is 40.0 Å². The molecule has 17 heavy (non-hydrogen) atoms. The van der Waals surface area contributed by atoms with Crippen LogP contribution in [-0.4, -0.2) is 5.78 Å². The Labute approximate surface area is 101 Å². The number of halogens is 2. The van der Waals surface area contributed by atoms with Crippen LogP contribution in [0.5, 0.6) is 0 Å². The molecule has 1 rings (SSSR count). The van der Waals surface area contributed by atoms with Crippen molar-refractivity contribution in [3.63, 3.8) is 0 Å². The lowest BCUT2D eigenvalue weighted by Gasteiger charge is -2.16. The highest BCUT2D eigenvalue weighted by atomic mass is 19.1. The van der Waals surface area contributed by atoms with E-state index in [1.807, 2.05) is 0 Å². The quantitative estimate of drug-likeness (QED) is 0.780. The Kier molecular flexibility index (Phi) is 4.38. The largest absolute Gasteiger partial charge is 0.299 e. The third kappa shape index (κ3) is 5.57. The maximum absolute atomic E-state index is 12.9. The summed E-state index contributed by atoms with van der Waals surface area (Å²) in [6.07, 6.45) is 1.33. The number of benzene rings is 1. The second-order valence-electron chi connectivity index (χ2n) is 5.55. The molecule has 0 aliphatic heterocycles. The van der Waals surface area contributed by atoms with Crippen molar-refractivity contribution in [2.24, 2.45) is 5.41 Å². The number of rotatable bonds is 4. The Bertz CT molecular complexity index is 385. The second-order valence-corrected chi connectivity index (χ2v) is 5.55. The molecule has 1 nitrogen and oxygen atoms in total. The summed E-state index contributed by atoms with van der Waals surface area (Å²) in [5.74, 6) is -1.25. The smallest absolute Gasteiger partial charge is 0.137 e. The van der Waals surface area contributed by atoms with E-state index in [1.165, 1.54) is 12.1 Å².